The van der Waals surface area contributed by atoms with E-state index in [9.17, 15) is 0 Å². The molecule has 0 aromatic carbocycles. The third-order valence-corrected chi connectivity index (χ3v) is 3.02. The van der Waals surface area contributed by atoms with E-state index in [1.54, 1.807) is 0 Å². The van der Waals surface area contributed by atoms with Crippen molar-refractivity contribution in [2.24, 2.45) is 0 Å². The van der Waals surface area contributed by atoms with Crippen LogP contribution in [0, 0.1) is 0 Å². The normalized spacial score (nSPS) is 14.0. The summed E-state index contributed by atoms with van der Waals surface area (Å²) in [5, 5.41) is 7.06. The SMILES string of the molecule is CP(NC(C)(C)C)NC(C)(C)C. The van der Waals surface area contributed by atoms with Crippen LogP contribution in [0.2, 0.25) is 0 Å². The zero-order chi connectivity index (χ0) is 9.99. The first-order valence-electron chi connectivity index (χ1n) is 4.39. The van der Waals surface area contributed by atoms with Crippen molar-refractivity contribution in [2.75, 3.05) is 6.66 Å². The van der Waals surface area contributed by atoms with Gasteiger partial charge in [0.25, 0.3) is 0 Å². The molecule has 0 aliphatic heterocycles. The van der Waals surface area contributed by atoms with Crippen LogP contribution < -0.4 is 10.2 Å². The summed E-state index contributed by atoms with van der Waals surface area (Å²) in [7, 11) is -0.257. The molecule has 3 heteroatoms. The second-order valence-corrected chi connectivity index (χ2v) is 6.85. The molecule has 2 nitrogen and oxygen atoms in total. The molecule has 0 aromatic rings. The van der Waals surface area contributed by atoms with E-state index in [2.05, 4.69) is 58.4 Å². The average Bonchev–Trinajstić information content (AvgIpc) is 1.49. The number of hydrogen-bond donors (Lipinski definition) is 2. The highest BCUT2D eigenvalue weighted by Gasteiger charge is 2.17. The Labute approximate surface area is 78.4 Å². The van der Waals surface area contributed by atoms with E-state index >= 15 is 0 Å². The summed E-state index contributed by atoms with van der Waals surface area (Å²) in [5.74, 6) is 0. The second kappa shape index (κ2) is 4.04. The van der Waals surface area contributed by atoms with E-state index in [0.717, 1.165) is 0 Å². The molecule has 0 atom stereocenters. The van der Waals surface area contributed by atoms with Crippen molar-refractivity contribution in [1.82, 2.24) is 10.2 Å². The molecule has 0 amide bonds. The Morgan fingerprint density at radius 3 is 1.17 bits per heavy atom. The third-order valence-electron chi connectivity index (χ3n) is 1.01. The highest BCUT2D eigenvalue weighted by Crippen LogP contribution is 2.27. The maximum Gasteiger partial charge on any atom is 0.0314 e. The molecule has 0 rings (SSSR count). The Kier molecular flexibility index (Phi) is 4.16. The van der Waals surface area contributed by atoms with Gasteiger partial charge < -0.3 is 0 Å². The van der Waals surface area contributed by atoms with Gasteiger partial charge in [-0.2, -0.15) is 0 Å². The first-order chi connectivity index (χ1) is 5.10. The van der Waals surface area contributed by atoms with E-state index in [1.165, 1.54) is 0 Å². The van der Waals surface area contributed by atoms with Gasteiger partial charge in [0, 0.05) is 19.3 Å². The minimum absolute atomic E-state index is 0.207. The van der Waals surface area contributed by atoms with Crippen molar-refractivity contribution in [1.29, 1.82) is 0 Å². The summed E-state index contributed by atoms with van der Waals surface area (Å²) in [6, 6.07) is 0. The van der Waals surface area contributed by atoms with Crippen LogP contribution >= 0.6 is 8.22 Å². The molecule has 12 heavy (non-hydrogen) atoms. The summed E-state index contributed by atoms with van der Waals surface area (Å²) >= 11 is 0. The number of rotatable bonds is 2. The fourth-order valence-electron chi connectivity index (χ4n) is 1.03. The van der Waals surface area contributed by atoms with Gasteiger partial charge in [-0.25, -0.2) is 0 Å². The molecule has 0 spiro atoms. The lowest BCUT2D eigenvalue weighted by Crippen LogP contribution is -2.40. The summed E-state index contributed by atoms with van der Waals surface area (Å²) < 4.78 is 0. The van der Waals surface area contributed by atoms with Crippen LogP contribution in [0.4, 0.5) is 0 Å². The quantitative estimate of drug-likeness (QED) is 0.654. The largest absolute Gasteiger partial charge is 0.279 e. The van der Waals surface area contributed by atoms with E-state index in [4.69, 9.17) is 0 Å². The molecule has 2 N–H and O–H groups in total. The molecule has 0 heterocycles. The molecule has 0 aromatic heterocycles. The third kappa shape index (κ3) is 8.45. The van der Waals surface area contributed by atoms with Crippen LogP contribution in [-0.4, -0.2) is 17.7 Å². The molecule has 0 unspecified atom stereocenters. The van der Waals surface area contributed by atoms with E-state index < -0.39 is 0 Å². The number of nitrogens with one attached hydrogen (secondary N) is 2. The highest BCUT2D eigenvalue weighted by molar-refractivity contribution is 7.52. The van der Waals surface area contributed by atoms with Crippen LogP contribution in [0.1, 0.15) is 41.5 Å². The Balaban J connectivity index is 3.83. The maximum absolute atomic E-state index is 3.53. The topological polar surface area (TPSA) is 24.1 Å². The Hall–Kier alpha value is 0.350. The summed E-state index contributed by atoms with van der Waals surface area (Å²) in [6.45, 7) is 15.4. The Morgan fingerprint density at radius 2 is 1.00 bits per heavy atom. The van der Waals surface area contributed by atoms with Crippen LogP contribution in [-0.2, 0) is 0 Å². The standard InChI is InChI=1S/C9H23N2P/c1-8(2,3)10-12(7)11-9(4,5)6/h10-11H,1-7H3. The van der Waals surface area contributed by atoms with Gasteiger partial charge in [-0.3, -0.25) is 10.2 Å². The Morgan fingerprint density at radius 1 is 0.750 bits per heavy atom. The van der Waals surface area contributed by atoms with Crippen molar-refractivity contribution in [3.8, 4) is 0 Å². The zero-order valence-corrected chi connectivity index (χ0v) is 10.3. The van der Waals surface area contributed by atoms with Crippen LogP contribution in [0.3, 0.4) is 0 Å². The van der Waals surface area contributed by atoms with Crippen LogP contribution in [0.25, 0.3) is 0 Å². The van der Waals surface area contributed by atoms with Crippen molar-refractivity contribution in [3.05, 3.63) is 0 Å². The first kappa shape index (κ1) is 12.3. The molecular formula is C9H23N2P. The molecular weight excluding hydrogens is 167 g/mol. The highest BCUT2D eigenvalue weighted by atomic mass is 31.1. The van der Waals surface area contributed by atoms with Gasteiger partial charge in [-0.1, -0.05) is 0 Å². The van der Waals surface area contributed by atoms with Gasteiger partial charge in [0.1, 0.15) is 0 Å². The van der Waals surface area contributed by atoms with Gasteiger partial charge in [0.15, 0.2) is 0 Å². The molecule has 74 valence electrons. The zero-order valence-electron chi connectivity index (χ0n) is 9.45. The average molecular weight is 190 g/mol. The van der Waals surface area contributed by atoms with Gasteiger partial charge in [-0.05, 0) is 48.2 Å². The molecule has 0 bridgehead atoms. The van der Waals surface area contributed by atoms with Gasteiger partial charge in [0.2, 0.25) is 0 Å². The smallest absolute Gasteiger partial charge is 0.0314 e. The maximum atomic E-state index is 3.53. The number of hydrogen-bond acceptors (Lipinski definition) is 2. The monoisotopic (exact) mass is 190 g/mol. The molecule has 0 saturated carbocycles. The fourth-order valence-corrected chi connectivity index (χ4v) is 3.10. The lowest BCUT2D eigenvalue weighted by atomic mass is 10.1. The lowest BCUT2D eigenvalue weighted by Gasteiger charge is -2.31. The predicted octanol–water partition coefficient (Wildman–Crippen LogP) is 2.70. The van der Waals surface area contributed by atoms with Crippen LogP contribution in [0.5, 0.6) is 0 Å². The molecule has 0 radical (unpaired) electrons. The second-order valence-electron chi connectivity index (χ2n) is 5.28. The minimum Gasteiger partial charge on any atom is -0.279 e. The molecule has 0 aliphatic rings. The van der Waals surface area contributed by atoms with Crippen molar-refractivity contribution < 1.29 is 0 Å². The molecule has 0 aliphatic carbocycles. The summed E-state index contributed by atoms with van der Waals surface area (Å²) in [4.78, 5) is 0. The van der Waals surface area contributed by atoms with Crippen LogP contribution in [0.15, 0.2) is 0 Å². The van der Waals surface area contributed by atoms with Gasteiger partial charge >= 0.3 is 0 Å². The summed E-state index contributed by atoms with van der Waals surface area (Å²) in [6.07, 6.45) is 0. The molecule has 0 saturated heterocycles. The summed E-state index contributed by atoms with van der Waals surface area (Å²) in [5.41, 5.74) is 0.414. The van der Waals surface area contributed by atoms with Gasteiger partial charge in [0.05, 0.1) is 0 Å². The van der Waals surface area contributed by atoms with E-state index in [0.29, 0.717) is 0 Å². The van der Waals surface area contributed by atoms with E-state index in [-0.39, 0.29) is 19.3 Å². The fraction of sp³-hybridized carbons (Fsp3) is 1.00. The van der Waals surface area contributed by atoms with Gasteiger partial charge in [-0.15, -0.1) is 0 Å². The Bertz CT molecular complexity index is 116. The minimum atomic E-state index is -0.257. The molecule has 0 fully saturated rings. The van der Waals surface area contributed by atoms with Crippen molar-refractivity contribution in [2.45, 2.75) is 52.6 Å². The first-order valence-corrected chi connectivity index (χ1v) is 6.18. The lowest BCUT2D eigenvalue weighted by molar-refractivity contribution is 0.496. The van der Waals surface area contributed by atoms with Crippen molar-refractivity contribution in [3.63, 3.8) is 0 Å². The van der Waals surface area contributed by atoms with E-state index in [1.807, 2.05) is 0 Å². The predicted molar refractivity (Wildman–Crippen MR) is 58.6 cm³/mol. The van der Waals surface area contributed by atoms with Crippen molar-refractivity contribution >= 4 is 8.22 Å².